The van der Waals surface area contributed by atoms with Crippen molar-refractivity contribution >= 4 is 80.9 Å². The highest BCUT2D eigenvalue weighted by Gasteiger charge is 2.18. The maximum Gasteiger partial charge on any atom is 0.272 e. The van der Waals surface area contributed by atoms with Gasteiger partial charge in [-0.15, -0.1) is 23.1 Å². The third kappa shape index (κ3) is 8.80. The molecule has 8 nitrogen and oxygen atoms in total. The zero-order valence-corrected chi connectivity index (χ0v) is 26.8. The second kappa shape index (κ2) is 15.0. The van der Waals surface area contributed by atoms with E-state index in [1.807, 2.05) is 29.6 Å². The first kappa shape index (κ1) is 31.9. The monoisotopic (exact) mass is 673 g/mol. The number of aromatic nitrogens is 2. The minimum Gasteiger partial charge on any atom is -0.321 e. The summed E-state index contributed by atoms with van der Waals surface area (Å²) in [6.45, 7) is 1.80. The van der Waals surface area contributed by atoms with Crippen LogP contribution in [0.1, 0.15) is 22.8 Å². The molecule has 45 heavy (non-hydrogen) atoms. The number of pyridine rings is 1. The maximum atomic E-state index is 13.2. The average molecular weight is 675 g/mol. The number of rotatable bonds is 10. The Morgan fingerprint density at radius 3 is 2.40 bits per heavy atom. The van der Waals surface area contributed by atoms with E-state index in [0.717, 1.165) is 10.5 Å². The zero-order chi connectivity index (χ0) is 31.8. The van der Waals surface area contributed by atoms with E-state index in [1.165, 1.54) is 23.1 Å². The molecule has 0 saturated heterocycles. The van der Waals surface area contributed by atoms with E-state index >= 15 is 0 Å². The van der Waals surface area contributed by atoms with Gasteiger partial charge in [-0.2, -0.15) is 0 Å². The number of carbonyl (C=O) groups is 3. The molecule has 226 valence electrons. The second-order valence-electron chi connectivity index (χ2n) is 9.56. The first-order chi connectivity index (χ1) is 21.7. The van der Waals surface area contributed by atoms with Gasteiger partial charge in [-0.05, 0) is 73.2 Å². The van der Waals surface area contributed by atoms with Gasteiger partial charge in [0.2, 0.25) is 5.91 Å². The van der Waals surface area contributed by atoms with Crippen molar-refractivity contribution in [3.8, 4) is 11.3 Å². The molecular weight excluding hydrogens is 649 g/mol. The number of nitrogens with zero attached hydrogens (tertiary/aromatic N) is 2. The zero-order valence-electron chi connectivity index (χ0n) is 23.7. The average Bonchev–Trinajstić information content (AvgIpc) is 3.52. The lowest BCUT2D eigenvalue weighted by Crippen LogP contribution is -2.30. The fourth-order valence-electron chi connectivity index (χ4n) is 3.97. The van der Waals surface area contributed by atoms with Gasteiger partial charge in [-0.1, -0.05) is 53.5 Å². The number of benzene rings is 3. The minimum atomic E-state index is -0.500. The molecule has 0 spiro atoms. The van der Waals surface area contributed by atoms with Gasteiger partial charge in [-0.3, -0.25) is 19.4 Å². The fourth-order valence-corrected chi connectivity index (χ4v) is 5.86. The van der Waals surface area contributed by atoms with Crippen LogP contribution in [-0.2, 0) is 9.59 Å². The van der Waals surface area contributed by atoms with Crippen molar-refractivity contribution in [3.05, 3.63) is 130 Å². The van der Waals surface area contributed by atoms with Crippen molar-refractivity contribution in [1.82, 2.24) is 15.3 Å². The van der Waals surface area contributed by atoms with E-state index in [9.17, 15) is 14.4 Å². The lowest BCUT2D eigenvalue weighted by atomic mass is 10.2. The molecule has 1 unspecified atom stereocenters. The largest absolute Gasteiger partial charge is 0.321 e. The van der Waals surface area contributed by atoms with Crippen LogP contribution in [0, 0.1) is 0 Å². The molecule has 0 aliphatic rings. The molecule has 3 amide bonds. The number of halogens is 2. The third-order valence-corrected chi connectivity index (χ3v) is 8.88. The molecule has 12 heteroatoms. The highest BCUT2D eigenvalue weighted by molar-refractivity contribution is 8.00. The summed E-state index contributed by atoms with van der Waals surface area (Å²) in [6, 6.07) is 24.5. The lowest BCUT2D eigenvalue weighted by molar-refractivity contribution is -0.115. The summed E-state index contributed by atoms with van der Waals surface area (Å²) in [4.78, 5) is 48.3. The summed E-state index contributed by atoms with van der Waals surface area (Å²) >= 11 is 14.8. The number of amides is 3. The molecule has 0 fully saturated rings. The predicted molar refractivity (Wildman–Crippen MR) is 183 cm³/mol. The Bertz CT molecular complexity index is 1850. The van der Waals surface area contributed by atoms with Crippen molar-refractivity contribution in [2.24, 2.45) is 0 Å². The number of carbonyl (C=O) groups excluding carboxylic acids is 3. The Kier molecular flexibility index (Phi) is 10.6. The number of thiazole rings is 1. The Morgan fingerprint density at radius 1 is 0.911 bits per heavy atom. The van der Waals surface area contributed by atoms with Crippen LogP contribution in [0.3, 0.4) is 0 Å². The lowest BCUT2D eigenvalue weighted by Gasteiger charge is -2.13. The highest BCUT2D eigenvalue weighted by Crippen LogP contribution is 2.31. The summed E-state index contributed by atoms with van der Waals surface area (Å²) in [5.41, 5.74) is 3.14. The van der Waals surface area contributed by atoms with Crippen LogP contribution in [-0.4, -0.2) is 32.9 Å². The van der Waals surface area contributed by atoms with Crippen LogP contribution < -0.4 is 16.0 Å². The normalized spacial score (nSPS) is 11.8. The summed E-state index contributed by atoms with van der Waals surface area (Å²) in [5, 5.41) is 11.2. The van der Waals surface area contributed by atoms with Crippen molar-refractivity contribution < 1.29 is 14.4 Å². The molecule has 2 heterocycles. The van der Waals surface area contributed by atoms with Gasteiger partial charge in [0.05, 0.1) is 21.0 Å². The van der Waals surface area contributed by atoms with Crippen molar-refractivity contribution in [2.45, 2.75) is 17.1 Å². The number of nitrogens with one attached hydrogen (secondary N) is 3. The van der Waals surface area contributed by atoms with Gasteiger partial charge in [0.15, 0.2) is 5.13 Å². The van der Waals surface area contributed by atoms with Crippen LogP contribution in [0.5, 0.6) is 0 Å². The molecule has 0 aliphatic carbocycles. The van der Waals surface area contributed by atoms with Gasteiger partial charge in [0.1, 0.15) is 5.70 Å². The molecule has 5 rings (SSSR count). The first-order valence-electron chi connectivity index (χ1n) is 13.5. The number of hydrogen-bond acceptors (Lipinski definition) is 7. The maximum absolute atomic E-state index is 13.2. The van der Waals surface area contributed by atoms with E-state index in [2.05, 4.69) is 25.9 Å². The molecule has 0 radical (unpaired) electrons. The highest BCUT2D eigenvalue weighted by atomic mass is 35.5. The Hall–Kier alpha value is -4.48. The van der Waals surface area contributed by atoms with Crippen molar-refractivity contribution in [3.63, 3.8) is 0 Å². The number of thioether (sulfide) groups is 1. The smallest absolute Gasteiger partial charge is 0.272 e. The summed E-state index contributed by atoms with van der Waals surface area (Å²) in [7, 11) is 0. The Balaban J connectivity index is 1.20. The molecule has 0 aliphatic heterocycles. The molecule has 0 saturated carbocycles. The van der Waals surface area contributed by atoms with E-state index in [1.54, 1.807) is 86.1 Å². The van der Waals surface area contributed by atoms with Gasteiger partial charge >= 0.3 is 0 Å². The first-order valence-corrected chi connectivity index (χ1v) is 16.0. The number of hydrogen-bond donors (Lipinski definition) is 3. The van der Waals surface area contributed by atoms with Gasteiger partial charge < -0.3 is 16.0 Å². The van der Waals surface area contributed by atoms with Crippen LogP contribution in [0.15, 0.2) is 113 Å². The molecular formula is C33H25Cl2N5O3S2. The summed E-state index contributed by atoms with van der Waals surface area (Å²) in [6.07, 6.45) is 4.77. The molecule has 3 N–H and O–H groups in total. The Labute approximate surface area is 277 Å². The van der Waals surface area contributed by atoms with Crippen molar-refractivity contribution in [2.75, 3.05) is 10.6 Å². The van der Waals surface area contributed by atoms with Gasteiger partial charge in [-0.25, -0.2) is 4.98 Å². The standard InChI is InChI=1S/C33H25Cl2N5O3S2/c1-20(30(41)40-33-39-29(19-44-33)23-9-14-26(34)27(35)17-23)45-25-12-10-24(11-13-25)37-32(43)28(16-21-6-5-15-36-18-21)38-31(42)22-7-3-2-4-8-22/h2-20H,1H3,(H,37,43)(H,38,42)(H,39,40,41)/b28-16-. The summed E-state index contributed by atoms with van der Waals surface area (Å²) < 4.78 is 0. The molecule has 5 aromatic rings. The molecule has 2 aromatic heterocycles. The third-order valence-electron chi connectivity index (χ3n) is 6.27. The topological polar surface area (TPSA) is 113 Å². The van der Waals surface area contributed by atoms with Crippen LogP contribution in [0.25, 0.3) is 17.3 Å². The van der Waals surface area contributed by atoms with Crippen molar-refractivity contribution in [1.29, 1.82) is 0 Å². The molecule has 1 atom stereocenters. The number of anilines is 2. The van der Waals surface area contributed by atoms with E-state index in [4.69, 9.17) is 23.2 Å². The van der Waals surface area contributed by atoms with Gasteiger partial charge in [0, 0.05) is 39.5 Å². The van der Waals surface area contributed by atoms with Crippen LogP contribution in [0.4, 0.5) is 10.8 Å². The predicted octanol–water partition coefficient (Wildman–Crippen LogP) is 8.04. The Morgan fingerprint density at radius 2 is 1.69 bits per heavy atom. The van der Waals surface area contributed by atoms with E-state index < -0.39 is 17.1 Å². The molecule has 0 bridgehead atoms. The van der Waals surface area contributed by atoms with Crippen LogP contribution in [0.2, 0.25) is 10.0 Å². The van der Waals surface area contributed by atoms with Gasteiger partial charge in [0.25, 0.3) is 11.8 Å². The quantitative estimate of drug-likeness (QED) is 0.102. The molecule has 3 aromatic carbocycles. The summed E-state index contributed by atoms with van der Waals surface area (Å²) in [5.74, 6) is -1.12. The van der Waals surface area contributed by atoms with Crippen LogP contribution >= 0.6 is 46.3 Å². The minimum absolute atomic E-state index is 0.0603. The second-order valence-corrected chi connectivity index (χ2v) is 12.6. The van der Waals surface area contributed by atoms with E-state index in [0.29, 0.717) is 37.7 Å². The SMILES string of the molecule is CC(Sc1ccc(NC(=O)/C(=C/c2cccnc2)NC(=O)c2ccccc2)cc1)C(=O)Nc1nc(-c2ccc(Cl)c(Cl)c2)cs1. The fraction of sp³-hybridized carbons (Fsp3) is 0.0606. The van der Waals surface area contributed by atoms with E-state index in [-0.39, 0.29) is 11.6 Å².